The molecular weight excluding hydrogens is 438 g/mol. The molecule has 0 aliphatic carbocycles. The van der Waals surface area contributed by atoms with Crippen LogP contribution in [0.2, 0.25) is 0 Å². The van der Waals surface area contributed by atoms with Gasteiger partial charge in [-0.05, 0) is 75.6 Å². The normalized spacial score (nSPS) is 15.0. The van der Waals surface area contributed by atoms with Crippen molar-refractivity contribution < 1.29 is 17.9 Å². The molecule has 2 aromatic rings. The maximum absolute atomic E-state index is 13.5. The Morgan fingerprint density at radius 2 is 1.76 bits per heavy atom. The van der Waals surface area contributed by atoms with E-state index in [1.165, 1.54) is 44.9 Å². The fourth-order valence-corrected chi connectivity index (χ4v) is 5.54. The minimum absolute atomic E-state index is 0.127. The third-order valence-electron chi connectivity index (χ3n) is 5.89. The molecule has 0 spiro atoms. The Hall–Kier alpha value is -2.58. The number of amides is 1. The Labute approximate surface area is 197 Å². The smallest absolute Gasteiger partial charge is 0.264 e. The summed E-state index contributed by atoms with van der Waals surface area (Å²) in [5, 5.41) is 2.90. The number of carbonyl (C=O) groups is 1. The number of anilines is 1. The van der Waals surface area contributed by atoms with E-state index >= 15 is 0 Å². The number of hydrogen-bond acceptors (Lipinski definition) is 5. The summed E-state index contributed by atoms with van der Waals surface area (Å²) in [4.78, 5) is 15.4. The van der Waals surface area contributed by atoms with Crippen molar-refractivity contribution in [1.29, 1.82) is 0 Å². The Bertz CT molecular complexity index is 1000. The van der Waals surface area contributed by atoms with Crippen LogP contribution in [0.1, 0.15) is 37.7 Å². The van der Waals surface area contributed by atoms with E-state index in [-0.39, 0.29) is 17.3 Å². The van der Waals surface area contributed by atoms with E-state index in [2.05, 4.69) is 10.2 Å². The molecule has 1 aliphatic heterocycles. The molecule has 2 aromatic carbocycles. The molecule has 7 nitrogen and oxygen atoms in total. The van der Waals surface area contributed by atoms with Crippen LogP contribution in [0, 0.1) is 6.92 Å². The quantitative estimate of drug-likeness (QED) is 0.534. The van der Waals surface area contributed by atoms with Gasteiger partial charge in [-0.1, -0.05) is 37.1 Å². The van der Waals surface area contributed by atoms with Gasteiger partial charge in [-0.25, -0.2) is 8.42 Å². The van der Waals surface area contributed by atoms with Gasteiger partial charge in [0.2, 0.25) is 5.91 Å². The molecule has 1 aliphatic rings. The zero-order chi connectivity index (χ0) is 23.7. The maximum Gasteiger partial charge on any atom is 0.264 e. The monoisotopic (exact) mass is 473 g/mol. The van der Waals surface area contributed by atoms with Crippen LogP contribution in [0.25, 0.3) is 0 Å². The maximum atomic E-state index is 13.5. The lowest BCUT2D eigenvalue weighted by Crippen LogP contribution is -2.41. The molecule has 0 bridgehead atoms. The summed E-state index contributed by atoms with van der Waals surface area (Å²) in [5.41, 5.74) is 1.22. The third-order valence-corrected chi connectivity index (χ3v) is 7.67. The highest BCUT2D eigenvalue weighted by Crippen LogP contribution is 2.33. The van der Waals surface area contributed by atoms with Crippen LogP contribution in [0.5, 0.6) is 5.75 Å². The first-order chi connectivity index (χ1) is 15.9. The molecule has 0 unspecified atom stereocenters. The lowest BCUT2D eigenvalue weighted by atomic mass is 10.2. The van der Waals surface area contributed by atoms with Crippen LogP contribution in [0.3, 0.4) is 0 Å². The summed E-state index contributed by atoms with van der Waals surface area (Å²) >= 11 is 0. The fourth-order valence-electron chi connectivity index (χ4n) is 4.09. The Morgan fingerprint density at radius 3 is 2.42 bits per heavy atom. The number of likely N-dealkylation sites (tertiary alicyclic amines) is 1. The number of methoxy groups -OCH3 is 1. The second-order valence-electron chi connectivity index (χ2n) is 8.46. The first kappa shape index (κ1) is 25.1. The second-order valence-corrected chi connectivity index (χ2v) is 10.3. The first-order valence-electron chi connectivity index (χ1n) is 11.6. The fraction of sp³-hybridized carbons (Fsp3) is 0.480. The summed E-state index contributed by atoms with van der Waals surface area (Å²) < 4.78 is 33.6. The van der Waals surface area contributed by atoms with Gasteiger partial charge in [-0.15, -0.1) is 0 Å². The summed E-state index contributed by atoms with van der Waals surface area (Å²) in [5.74, 6) is 0.0583. The Balaban J connectivity index is 1.72. The van der Waals surface area contributed by atoms with Gasteiger partial charge < -0.3 is 15.0 Å². The number of carbonyl (C=O) groups excluding carboxylic acids is 1. The predicted octanol–water partition coefficient (Wildman–Crippen LogP) is 3.58. The molecule has 1 heterocycles. The Kier molecular flexibility index (Phi) is 9.14. The van der Waals surface area contributed by atoms with Crippen molar-refractivity contribution in [2.75, 3.05) is 44.1 Å². The lowest BCUT2D eigenvalue weighted by Gasteiger charge is -2.26. The molecule has 8 heteroatoms. The average Bonchev–Trinajstić information content (AvgIpc) is 3.09. The molecule has 0 saturated carbocycles. The topological polar surface area (TPSA) is 79.0 Å². The van der Waals surface area contributed by atoms with E-state index in [0.29, 0.717) is 18.0 Å². The first-order valence-corrected chi connectivity index (χ1v) is 13.1. The third kappa shape index (κ3) is 6.95. The van der Waals surface area contributed by atoms with Gasteiger partial charge in [-0.2, -0.15) is 0 Å². The van der Waals surface area contributed by atoms with Crippen LogP contribution in [0.4, 0.5) is 5.69 Å². The van der Waals surface area contributed by atoms with Gasteiger partial charge in [0, 0.05) is 6.54 Å². The number of aryl methyl sites for hydroxylation is 1. The van der Waals surface area contributed by atoms with Crippen LogP contribution in [-0.4, -0.2) is 59.1 Å². The number of hydrogen-bond donors (Lipinski definition) is 1. The van der Waals surface area contributed by atoms with E-state index < -0.39 is 10.0 Å². The molecule has 180 valence electrons. The number of sulfonamides is 1. The largest absolute Gasteiger partial charge is 0.495 e. The molecule has 33 heavy (non-hydrogen) atoms. The van der Waals surface area contributed by atoms with Crippen molar-refractivity contribution >= 4 is 21.6 Å². The molecule has 1 amide bonds. The number of benzene rings is 2. The van der Waals surface area contributed by atoms with Crippen molar-refractivity contribution in [3.63, 3.8) is 0 Å². The summed E-state index contributed by atoms with van der Waals surface area (Å²) in [6.45, 7) is 5.24. The molecule has 1 fully saturated rings. The van der Waals surface area contributed by atoms with E-state index in [1.54, 1.807) is 30.3 Å². The van der Waals surface area contributed by atoms with Gasteiger partial charge >= 0.3 is 0 Å². The highest BCUT2D eigenvalue weighted by Gasteiger charge is 2.29. The number of rotatable bonds is 10. The average molecular weight is 474 g/mol. The minimum Gasteiger partial charge on any atom is -0.495 e. The molecule has 1 N–H and O–H groups in total. The summed E-state index contributed by atoms with van der Waals surface area (Å²) in [7, 11) is -2.48. The SMILES string of the molecule is COc1ccc(C)cc1N(CC(=O)NCCCN1CCCCCC1)S(=O)(=O)c1ccccc1. The number of nitrogens with one attached hydrogen (secondary N) is 1. The van der Waals surface area contributed by atoms with E-state index in [4.69, 9.17) is 4.74 Å². The summed E-state index contributed by atoms with van der Waals surface area (Å²) in [6, 6.07) is 13.5. The molecule has 0 radical (unpaired) electrons. The van der Waals surface area contributed by atoms with Crippen LogP contribution < -0.4 is 14.4 Å². The van der Waals surface area contributed by atoms with Gasteiger partial charge in [0.15, 0.2) is 0 Å². The van der Waals surface area contributed by atoms with Crippen LogP contribution in [0.15, 0.2) is 53.4 Å². The van der Waals surface area contributed by atoms with Crippen molar-refractivity contribution in [3.05, 3.63) is 54.1 Å². The van der Waals surface area contributed by atoms with Gasteiger partial charge in [-0.3, -0.25) is 9.10 Å². The van der Waals surface area contributed by atoms with Crippen molar-refractivity contribution in [2.45, 2.75) is 43.9 Å². The van der Waals surface area contributed by atoms with Crippen LogP contribution in [-0.2, 0) is 14.8 Å². The standard InChI is InChI=1S/C25H35N3O4S/c1-21-13-14-24(32-2)23(19-21)28(33(30,31)22-11-6-5-7-12-22)20-25(29)26-15-10-18-27-16-8-3-4-9-17-27/h5-7,11-14,19H,3-4,8-10,15-18,20H2,1-2H3,(H,26,29). The van der Waals surface area contributed by atoms with Crippen molar-refractivity contribution in [1.82, 2.24) is 10.2 Å². The molecule has 0 atom stereocenters. The molecule has 1 saturated heterocycles. The van der Waals surface area contributed by atoms with Crippen molar-refractivity contribution in [3.8, 4) is 5.75 Å². The highest BCUT2D eigenvalue weighted by molar-refractivity contribution is 7.92. The highest BCUT2D eigenvalue weighted by atomic mass is 32.2. The zero-order valence-electron chi connectivity index (χ0n) is 19.6. The van der Waals surface area contributed by atoms with E-state index in [0.717, 1.165) is 35.9 Å². The van der Waals surface area contributed by atoms with Gasteiger partial charge in [0.1, 0.15) is 12.3 Å². The summed E-state index contributed by atoms with van der Waals surface area (Å²) in [6.07, 6.45) is 5.89. The Morgan fingerprint density at radius 1 is 1.06 bits per heavy atom. The molecule has 0 aromatic heterocycles. The van der Waals surface area contributed by atoms with Gasteiger partial charge in [0.05, 0.1) is 17.7 Å². The van der Waals surface area contributed by atoms with Gasteiger partial charge in [0.25, 0.3) is 10.0 Å². The lowest BCUT2D eigenvalue weighted by molar-refractivity contribution is -0.119. The minimum atomic E-state index is -3.97. The number of ether oxygens (including phenoxy) is 1. The molecule has 3 rings (SSSR count). The predicted molar refractivity (Wildman–Crippen MR) is 131 cm³/mol. The zero-order valence-corrected chi connectivity index (χ0v) is 20.4. The van der Waals surface area contributed by atoms with Crippen LogP contribution >= 0.6 is 0 Å². The van der Waals surface area contributed by atoms with E-state index in [9.17, 15) is 13.2 Å². The second kappa shape index (κ2) is 12.0. The molecular formula is C25H35N3O4S. The van der Waals surface area contributed by atoms with E-state index in [1.807, 2.05) is 13.0 Å². The van der Waals surface area contributed by atoms with Crippen molar-refractivity contribution in [2.24, 2.45) is 0 Å². The number of nitrogens with zero attached hydrogens (tertiary/aromatic N) is 2.